The number of aliphatic hydroxyl groups excluding tert-OH is 1. The van der Waals surface area contributed by atoms with E-state index in [9.17, 15) is 9.90 Å². The molecule has 0 aliphatic carbocycles. The minimum atomic E-state index is -0.164. The van der Waals surface area contributed by atoms with Crippen LogP contribution in [0.2, 0.25) is 0 Å². The molecule has 0 aliphatic heterocycles. The van der Waals surface area contributed by atoms with Crippen molar-refractivity contribution >= 4 is 5.97 Å². The maximum Gasteiger partial charge on any atom is 0.305 e. The minimum Gasteiger partial charge on any atom is -0.465 e. The van der Waals surface area contributed by atoms with Gasteiger partial charge < -0.3 is 9.84 Å². The summed E-state index contributed by atoms with van der Waals surface area (Å²) in [5.41, 5.74) is 0. The quantitative estimate of drug-likeness (QED) is 0.169. The minimum absolute atomic E-state index is 0.0403. The first-order chi connectivity index (χ1) is 12.6. The molecule has 3 heteroatoms. The van der Waals surface area contributed by atoms with Gasteiger partial charge in [0.2, 0.25) is 0 Å². The summed E-state index contributed by atoms with van der Waals surface area (Å²) in [6.07, 6.45) is 19.2. The van der Waals surface area contributed by atoms with Crippen LogP contribution in [0.3, 0.4) is 0 Å². The standard InChI is InChI=1S/C23H44O3/c1-4-6-7-14-17-22(24)18-15-12-10-8-9-11-13-16-19-23(25)26-20-21(3)5-2/h12,15,21-22,24H,4-11,13-14,16-20H2,1-3H3/b15-12-. The zero-order chi connectivity index (χ0) is 19.5. The molecule has 0 aliphatic rings. The Balaban J connectivity index is 3.36. The van der Waals surface area contributed by atoms with Gasteiger partial charge in [-0.2, -0.15) is 0 Å². The van der Waals surface area contributed by atoms with E-state index in [-0.39, 0.29) is 12.1 Å². The number of allylic oxidation sites excluding steroid dienone is 1. The highest BCUT2D eigenvalue weighted by Gasteiger charge is 2.05. The lowest BCUT2D eigenvalue weighted by Gasteiger charge is -2.09. The fourth-order valence-electron chi connectivity index (χ4n) is 2.78. The number of aliphatic hydroxyl groups is 1. The topological polar surface area (TPSA) is 46.5 Å². The van der Waals surface area contributed by atoms with Gasteiger partial charge in [0, 0.05) is 6.42 Å². The molecule has 0 spiro atoms. The second kappa shape index (κ2) is 18.9. The van der Waals surface area contributed by atoms with Crippen LogP contribution in [0.4, 0.5) is 0 Å². The molecular formula is C23H44O3. The van der Waals surface area contributed by atoms with Crippen molar-refractivity contribution in [2.45, 2.75) is 117 Å². The summed E-state index contributed by atoms with van der Waals surface area (Å²) in [5, 5.41) is 9.89. The molecule has 0 bridgehead atoms. The molecule has 0 aromatic rings. The summed E-state index contributed by atoms with van der Waals surface area (Å²) in [4.78, 5) is 11.6. The van der Waals surface area contributed by atoms with E-state index in [2.05, 4.69) is 32.9 Å². The molecule has 0 fully saturated rings. The second-order valence-corrected chi connectivity index (χ2v) is 7.71. The first-order valence-electron chi connectivity index (χ1n) is 11.1. The molecule has 1 N–H and O–H groups in total. The smallest absolute Gasteiger partial charge is 0.305 e. The summed E-state index contributed by atoms with van der Waals surface area (Å²) in [6.45, 7) is 7.00. The third-order valence-electron chi connectivity index (χ3n) is 4.94. The van der Waals surface area contributed by atoms with E-state index in [1.54, 1.807) is 0 Å². The van der Waals surface area contributed by atoms with Gasteiger partial charge in [-0.1, -0.05) is 84.3 Å². The third-order valence-corrected chi connectivity index (χ3v) is 4.94. The monoisotopic (exact) mass is 368 g/mol. The maximum atomic E-state index is 11.6. The van der Waals surface area contributed by atoms with E-state index in [1.807, 2.05) is 0 Å². The third kappa shape index (κ3) is 18.0. The van der Waals surface area contributed by atoms with E-state index in [0.29, 0.717) is 18.9 Å². The molecule has 26 heavy (non-hydrogen) atoms. The molecule has 0 amide bonds. The number of unbranched alkanes of at least 4 members (excludes halogenated alkanes) is 8. The van der Waals surface area contributed by atoms with E-state index < -0.39 is 0 Å². The number of carbonyl (C=O) groups excluding carboxylic acids is 1. The fraction of sp³-hybridized carbons (Fsp3) is 0.870. The van der Waals surface area contributed by atoms with Crippen molar-refractivity contribution in [3.8, 4) is 0 Å². The molecular weight excluding hydrogens is 324 g/mol. The van der Waals surface area contributed by atoms with Gasteiger partial charge in [-0.05, 0) is 38.0 Å². The van der Waals surface area contributed by atoms with Crippen LogP contribution < -0.4 is 0 Å². The van der Waals surface area contributed by atoms with Gasteiger partial charge in [-0.15, -0.1) is 0 Å². The average molecular weight is 369 g/mol. The largest absolute Gasteiger partial charge is 0.465 e. The Hall–Kier alpha value is -0.830. The maximum absolute atomic E-state index is 11.6. The fourth-order valence-corrected chi connectivity index (χ4v) is 2.78. The lowest BCUT2D eigenvalue weighted by Crippen LogP contribution is -2.11. The number of carbonyl (C=O) groups is 1. The number of ether oxygens (including phenoxy) is 1. The molecule has 0 aromatic carbocycles. The molecule has 2 atom stereocenters. The van der Waals surface area contributed by atoms with Gasteiger partial charge in [0.1, 0.15) is 0 Å². The first-order valence-corrected chi connectivity index (χ1v) is 11.1. The Morgan fingerprint density at radius 2 is 1.65 bits per heavy atom. The van der Waals surface area contributed by atoms with Crippen molar-refractivity contribution in [3.05, 3.63) is 12.2 Å². The molecule has 0 heterocycles. The van der Waals surface area contributed by atoms with E-state index in [0.717, 1.165) is 44.9 Å². The van der Waals surface area contributed by atoms with Crippen LogP contribution >= 0.6 is 0 Å². The van der Waals surface area contributed by atoms with Crippen LogP contribution in [-0.4, -0.2) is 23.8 Å². The highest BCUT2D eigenvalue weighted by atomic mass is 16.5. The lowest BCUT2D eigenvalue weighted by atomic mass is 10.1. The van der Waals surface area contributed by atoms with Gasteiger partial charge in [-0.25, -0.2) is 0 Å². The Bertz CT molecular complexity index is 338. The summed E-state index contributed by atoms with van der Waals surface area (Å²) in [7, 11) is 0. The molecule has 0 rings (SSSR count). The van der Waals surface area contributed by atoms with E-state index >= 15 is 0 Å². The summed E-state index contributed by atoms with van der Waals surface area (Å²) in [6, 6.07) is 0. The zero-order valence-electron chi connectivity index (χ0n) is 17.7. The van der Waals surface area contributed by atoms with Crippen LogP contribution in [0, 0.1) is 5.92 Å². The molecule has 2 unspecified atom stereocenters. The van der Waals surface area contributed by atoms with Crippen LogP contribution in [0.15, 0.2) is 12.2 Å². The SMILES string of the molecule is CCCCCCC(O)C/C=C\CCCCCCCC(=O)OCC(C)CC. The molecule has 154 valence electrons. The number of rotatable bonds is 18. The molecule has 0 saturated heterocycles. The van der Waals surface area contributed by atoms with Crippen LogP contribution in [0.25, 0.3) is 0 Å². The Kier molecular flexibility index (Phi) is 18.3. The van der Waals surface area contributed by atoms with E-state index in [1.165, 1.54) is 38.5 Å². The van der Waals surface area contributed by atoms with Gasteiger partial charge in [-0.3, -0.25) is 4.79 Å². The number of hydrogen-bond donors (Lipinski definition) is 1. The average Bonchev–Trinajstić information content (AvgIpc) is 2.64. The number of esters is 1. The zero-order valence-corrected chi connectivity index (χ0v) is 17.7. The van der Waals surface area contributed by atoms with Gasteiger partial charge >= 0.3 is 5.97 Å². The van der Waals surface area contributed by atoms with Crippen molar-refractivity contribution in [1.29, 1.82) is 0 Å². The highest BCUT2D eigenvalue weighted by molar-refractivity contribution is 5.69. The molecule has 0 aromatic heterocycles. The van der Waals surface area contributed by atoms with Gasteiger partial charge in [0.05, 0.1) is 12.7 Å². The summed E-state index contributed by atoms with van der Waals surface area (Å²) in [5.74, 6) is 0.427. The van der Waals surface area contributed by atoms with Crippen LogP contribution in [0.1, 0.15) is 111 Å². The summed E-state index contributed by atoms with van der Waals surface area (Å²) >= 11 is 0. The summed E-state index contributed by atoms with van der Waals surface area (Å²) < 4.78 is 5.25. The number of hydrogen-bond acceptors (Lipinski definition) is 3. The molecule has 0 radical (unpaired) electrons. The lowest BCUT2D eigenvalue weighted by molar-refractivity contribution is -0.145. The van der Waals surface area contributed by atoms with Gasteiger partial charge in [0.25, 0.3) is 0 Å². The van der Waals surface area contributed by atoms with Crippen LogP contribution in [0.5, 0.6) is 0 Å². The van der Waals surface area contributed by atoms with Crippen molar-refractivity contribution in [2.75, 3.05) is 6.61 Å². The van der Waals surface area contributed by atoms with Crippen molar-refractivity contribution in [1.82, 2.24) is 0 Å². The highest BCUT2D eigenvalue weighted by Crippen LogP contribution is 2.11. The Morgan fingerprint density at radius 3 is 2.38 bits per heavy atom. The van der Waals surface area contributed by atoms with Crippen molar-refractivity contribution < 1.29 is 14.6 Å². The molecule has 0 saturated carbocycles. The second-order valence-electron chi connectivity index (χ2n) is 7.71. The van der Waals surface area contributed by atoms with Crippen molar-refractivity contribution in [3.63, 3.8) is 0 Å². The van der Waals surface area contributed by atoms with Crippen molar-refractivity contribution in [2.24, 2.45) is 5.92 Å². The first kappa shape index (κ1) is 25.2. The molecule has 3 nitrogen and oxygen atoms in total. The predicted octanol–water partition coefficient (Wildman–Crippen LogP) is 6.58. The van der Waals surface area contributed by atoms with E-state index in [4.69, 9.17) is 4.74 Å². The Labute approximate surface area is 162 Å². The predicted molar refractivity (Wildman–Crippen MR) is 111 cm³/mol. The van der Waals surface area contributed by atoms with Gasteiger partial charge in [0.15, 0.2) is 0 Å². The normalized spacial score (nSPS) is 13.8. The van der Waals surface area contributed by atoms with Crippen LogP contribution in [-0.2, 0) is 9.53 Å². The Morgan fingerprint density at radius 1 is 0.962 bits per heavy atom.